The Labute approximate surface area is 87.3 Å². The Morgan fingerprint density at radius 2 is 1.50 bits per heavy atom. The summed E-state index contributed by atoms with van der Waals surface area (Å²) in [4.78, 5) is 0. The molecule has 0 spiro atoms. The van der Waals surface area contributed by atoms with Gasteiger partial charge in [-0.15, -0.1) is 0 Å². The quantitative estimate of drug-likeness (QED) is 0.428. The van der Waals surface area contributed by atoms with Crippen molar-refractivity contribution in [3.05, 3.63) is 35.9 Å². The van der Waals surface area contributed by atoms with Crippen molar-refractivity contribution in [2.24, 2.45) is 0 Å². The molecule has 0 N–H and O–H groups in total. The SMILES string of the molecule is FC(F)(F)c1cc[c-]cc1.[Cl-].[Zn+2]. The summed E-state index contributed by atoms with van der Waals surface area (Å²) in [7, 11) is 0. The summed E-state index contributed by atoms with van der Waals surface area (Å²) in [6, 6.07) is 6.95. The molecule has 0 bridgehead atoms. The van der Waals surface area contributed by atoms with Gasteiger partial charge >= 0.3 is 25.7 Å². The topological polar surface area (TPSA) is 0 Å². The van der Waals surface area contributed by atoms with Crippen LogP contribution in [0.5, 0.6) is 0 Å². The fourth-order valence-electron chi connectivity index (χ4n) is 0.576. The van der Waals surface area contributed by atoms with Gasteiger partial charge in [-0.25, -0.2) is 0 Å². The first-order chi connectivity index (χ1) is 4.61. The summed E-state index contributed by atoms with van der Waals surface area (Å²) in [6.07, 6.45) is -4.23. The van der Waals surface area contributed by atoms with Crippen molar-refractivity contribution in [1.29, 1.82) is 0 Å². The molecule has 0 aliphatic rings. The van der Waals surface area contributed by atoms with Crippen LogP contribution in [0.4, 0.5) is 13.2 Å². The minimum atomic E-state index is -4.23. The van der Waals surface area contributed by atoms with Crippen molar-refractivity contribution in [3.63, 3.8) is 0 Å². The van der Waals surface area contributed by atoms with Crippen LogP contribution in [0, 0.1) is 6.07 Å². The van der Waals surface area contributed by atoms with Crippen LogP contribution in [0.15, 0.2) is 24.3 Å². The third-order valence-corrected chi connectivity index (χ3v) is 1.05. The van der Waals surface area contributed by atoms with Crippen LogP contribution in [0.3, 0.4) is 0 Å². The molecule has 0 amide bonds. The zero-order valence-corrected chi connectivity index (χ0v) is 9.75. The minimum Gasteiger partial charge on any atom is -1.00 e. The molecular formula is C7H4ClF3Zn. The van der Waals surface area contributed by atoms with Crippen molar-refractivity contribution in [2.75, 3.05) is 0 Å². The zero-order valence-electron chi connectivity index (χ0n) is 6.03. The smallest absolute Gasteiger partial charge is 1.00 e. The number of hydrogen-bond donors (Lipinski definition) is 0. The standard InChI is InChI=1S/C7H4F3.ClH.Zn/c8-7(9,10)6-4-2-1-3-5-6;;/h2-5H;1H;/q-1;;+2/p-1. The molecule has 1 aromatic carbocycles. The first kappa shape index (κ1) is 14.4. The molecule has 0 saturated carbocycles. The van der Waals surface area contributed by atoms with Gasteiger partial charge in [-0.2, -0.15) is 43.5 Å². The van der Waals surface area contributed by atoms with Crippen LogP contribution in [-0.2, 0) is 25.7 Å². The van der Waals surface area contributed by atoms with E-state index >= 15 is 0 Å². The van der Waals surface area contributed by atoms with E-state index < -0.39 is 11.7 Å². The van der Waals surface area contributed by atoms with Crippen LogP contribution in [0.1, 0.15) is 5.56 Å². The van der Waals surface area contributed by atoms with Gasteiger partial charge in [-0.1, -0.05) is 5.56 Å². The van der Waals surface area contributed by atoms with Gasteiger partial charge in [0.2, 0.25) is 0 Å². The first-order valence-corrected chi connectivity index (χ1v) is 2.64. The Morgan fingerprint density at radius 3 is 1.75 bits per heavy atom. The van der Waals surface area contributed by atoms with E-state index in [4.69, 9.17) is 0 Å². The molecule has 1 rings (SSSR count). The largest absolute Gasteiger partial charge is 2.00 e. The van der Waals surface area contributed by atoms with E-state index in [2.05, 4.69) is 6.07 Å². The summed E-state index contributed by atoms with van der Waals surface area (Å²) in [5.74, 6) is 0. The molecule has 0 atom stereocenters. The van der Waals surface area contributed by atoms with Crippen LogP contribution in [-0.4, -0.2) is 0 Å². The predicted octanol–water partition coefficient (Wildman–Crippen LogP) is -0.493. The molecule has 0 aromatic heterocycles. The molecule has 1 aromatic rings. The predicted molar refractivity (Wildman–Crippen MR) is 30.3 cm³/mol. The van der Waals surface area contributed by atoms with Gasteiger partial charge in [-0.05, 0) is 0 Å². The average Bonchev–Trinajstić information content (AvgIpc) is 1.88. The fraction of sp³-hybridized carbons (Fsp3) is 0.143. The Morgan fingerprint density at radius 1 is 1.08 bits per heavy atom. The molecule has 0 nitrogen and oxygen atoms in total. The van der Waals surface area contributed by atoms with Gasteiger partial charge in [0.15, 0.2) is 0 Å². The normalized spacial score (nSPS) is 9.58. The van der Waals surface area contributed by atoms with E-state index in [1.165, 1.54) is 12.1 Å². The van der Waals surface area contributed by atoms with Crippen LogP contribution >= 0.6 is 0 Å². The maximum atomic E-state index is 11.8. The maximum absolute atomic E-state index is 11.8. The minimum absolute atomic E-state index is 0. The third kappa shape index (κ3) is 4.08. The summed E-state index contributed by atoms with van der Waals surface area (Å²) < 4.78 is 35.3. The molecule has 0 fully saturated rings. The second kappa shape index (κ2) is 5.55. The molecule has 0 aliphatic heterocycles. The summed E-state index contributed by atoms with van der Waals surface area (Å²) in [5.41, 5.74) is -0.633. The molecule has 0 radical (unpaired) electrons. The Balaban J connectivity index is 0. The van der Waals surface area contributed by atoms with E-state index in [0.29, 0.717) is 0 Å². The summed E-state index contributed by atoms with van der Waals surface area (Å²) in [5, 5.41) is 0. The molecule has 62 valence electrons. The second-order valence-corrected chi connectivity index (χ2v) is 1.79. The van der Waals surface area contributed by atoms with E-state index in [9.17, 15) is 13.2 Å². The van der Waals surface area contributed by atoms with Crippen molar-refractivity contribution in [2.45, 2.75) is 6.18 Å². The van der Waals surface area contributed by atoms with Crippen LogP contribution in [0.2, 0.25) is 0 Å². The van der Waals surface area contributed by atoms with Crippen molar-refractivity contribution in [3.8, 4) is 0 Å². The van der Waals surface area contributed by atoms with Crippen LogP contribution in [0.25, 0.3) is 0 Å². The second-order valence-electron chi connectivity index (χ2n) is 1.79. The summed E-state index contributed by atoms with van der Waals surface area (Å²) >= 11 is 0. The number of hydrogen-bond acceptors (Lipinski definition) is 0. The zero-order chi connectivity index (χ0) is 7.61. The van der Waals surface area contributed by atoms with E-state index in [1.807, 2.05) is 0 Å². The van der Waals surface area contributed by atoms with E-state index in [-0.39, 0.29) is 31.9 Å². The first-order valence-electron chi connectivity index (χ1n) is 2.64. The average molecular weight is 246 g/mol. The van der Waals surface area contributed by atoms with Gasteiger partial charge in [-0.3, -0.25) is 0 Å². The van der Waals surface area contributed by atoms with E-state index in [0.717, 1.165) is 12.1 Å². The monoisotopic (exact) mass is 244 g/mol. The molecule has 0 aliphatic carbocycles. The fourth-order valence-corrected chi connectivity index (χ4v) is 0.576. The van der Waals surface area contributed by atoms with Crippen molar-refractivity contribution in [1.82, 2.24) is 0 Å². The summed E-state index contributed by atoms with van der Waals surface area (Å²) in [6.45, 7) is 0. The van der Waals surface area contributed by atoms with Gasteiger partial charge in [0, 0.05) is 0 Å². The Kier molecular flexibility index (Phi) is 6.68. The van der Waals surface area contributed by atoms with Gasteiger partial charge in [0.25, 0.3) is 0 Å². The maximum Gasteiger partial charge on any atom is 2.00 e. The van der Waals surface area contributed by atoms with Gasteiger partial charge < -0.3 is 12.4 Å². The third-order valence-electron chi connectivity index (χ3n) is 1.05. The van der Waals surface area contributed by atoms with Crippen molar-refractivity contribution >= 4 is 0 Å². The number of alkyl halides is 3. The number of rotatable bonds is 0. The molecule has 0 saturated heterocycles. The molecule has 0 heterocycles. The molecule has 5 heteroatoms. The number of benzene rings is 1. The van der Waals surface area contributed by atoms with Gasteiger partial charge in [0.1, 0.15) is 0 Å². The van der Waals surface area contributed by atoms with Crippen LogP contribution < -0.4 is 12.4 Å². The molecule has 0 unspecified atom stereocenters. The van der Waals surface area contributed by atoms with E-state index in [1.54, 1.807) is 0 Å². The Bertz CT molecular complexity index is 210. The van der Waals surface area contributed by atoms with Crippen molar-refractivity contribution < 1.29 is 45.1 Å². The number of halogens is 4. The molecular weight excluding hydrogens is 242 g/mol. The molecule has 12 heavy (non-hydrogen) atoms. The Hall–Kier alpha value is -0.0766. The van der Waals surface area contributed by atoms with Gasteiger partial charge in [0.05, 0.1) is 0 Å².